The van der Waals surface area contributed by atoms with E-state index in [1.54, 1.807) is 0 Å². The first-order valence-corrected chi connectivity index (χ1v) is 7.20. The Morgan fingerprint density at radius 3 is 1.22 bits per heavy atom. The van der Waals surface area contributed by atoms with Gasteiger partial charge in [0, 0.05) is 29.5 Å². The second kappa shape index (κ2) is 8.84. The molecule has 0 spiro atoms. The summed E-state index contributed by atoms with van der Waals surface area (Å²) in [6.07, 6.45) is 3.62. The van der Waals surface area contributed by atoms with E-state index in [0.29, 0.717) is 0 Å². The van der Waals surface area contributed by atoms with Crippen molar-refractivity contribution in [2.24, 2.45) is 0 Å². The van der Waals surface area contributed by atoms with E-state index >= 15 is 0 Å². The van der Waals surface area contributed by atoms with Gasteiger partial charge in [-0.25, -0.2) is 0 Å². The Balaban J connectivity index is 0.000000160. The van der Waals surface area contributed by atoms with E-state index < -0.39 is 0 Å². The van der Waals surface area contributed by atoms with Crippen LogP contribution in [0.2, 0.25) is 0 Å². The van der Waals surface area contributed by atoms with Crippen molar-refractivity contribution in [1.29, 1.82) is 0 Å². The Labute approximate surface area is 147 Å². The van der Waals surface area contributed by atoms with Crippen LogP contribution in [-0.4, -0.2) is 9.97 Å². The maximum Gasteiger partial charge on any atom is 0.0247 e. The van der Waals surface area contributed by atoms with Crippen molar-refractivity contribution < 1.29 is 17.1 Å². The molecule has 116 valence electrons. The molecule has 0 unspecified atom stereocenters. The van der Waals surface area contributed by atoms with Gasteiger partial charge in [0.15, 0.2) is 0 Å². The Kier molecular flexibility index (Phi) is 6.49. The van der Waals surface area contributed by atoms with Crippen molar-refractivity contribution in [2.45, 2.75) is 0 Å². The van der Waals surface area contributed by atoms with E-state index in [9.17, 15) is 0 Å². The smallest absolute Gasteiger partial charge is 0.0247 e. The fourth-order valence-corrected chi connectivity index (χ4v) is 2.16. The first kappa shape index (κ1) is 16.9. The Bertz CT molecular complexity index is 691. The van der Waals surface area contributed by atoms with E-state index in [2.05, 4.69) is 34.2 Å². The van der Waals surface area contributed by atoms with Crippen molar-refractivity contribution in [3.63, 3.8) is 0 Å². The van der Waals surface area contributed by atoms with Crippen molar-refractivity contribution in [3.8, 4) is 22.5 Å². The predicted octanol–water partition coefficient (Wildman–Crippen LogP) is 4.93. The third-order valence-corrected chi connectivity index (χ3v) is 3.25. The van der Waals surface area contributed by atoms with Crippen molar-refractivity contribution in [1.82, 2.24) is 9.97 Å². The summed E-state index contributed by atoms with van der Waals surface area (Å²) >= 11 is 0. The third-order valence-electron chi connectivity index (χ3n) is 3.25. The Morgan fingerprint density at radius 2 is 0.913 bits per heavy atom. The van der Waals surface area contributed by atoms with Gasteiger partial charge >= 0.3 is 0 Å². The van der Waals surface area contributed by atoms with Gasteiger partial charge in [-0.2, -0.15) is 24.3 Å². The molecule has 0 fully saturated rings. The zero-order valence-corrected chi connectivity index (χ0v) is 13.6. The van der Waals surface area contributed by atoms with Crippen LogP contribution in [0.15, 0.2) is 97.3 Å². The molecule has 0 aliphatic rings. The standard InChI is InChI=1S/2C10H8N.Fe/c2*1-2-6-9(5-1)10-7-3-4-8-11-10;/h2*1-8H;/q2*-1;. The zero-order valence-electron chi connectivity index (χ0n) is 12.5. The van der Waals surface area contributed by atoms with Gasteiger partial charge in [-0.15, -0.1) is 36.4 Å². The van der Waals surface area contributed by atoms with Crippen LogP contribution in [0.25, 0.3) is 22.5 Å². The molecule has 2 aromatic heterocycles. The van der Waals surface area contributed by atoms with Gasteiger partial charge in [0.2, 0.25) is 0 Å². The van der Waals surface area contributed by atoms with Gasteiger partial charge in [0.25, 0.3) is 0 Å². The number of rotatable bonds is 2. The van der Waals surface area contributed by atoms with E-state index in [-0.39, 0.29) is 17.1 Å². The number of nitrogens with zero attached hydrogens (tertiary/aromatic N) is 2. The normalized spacial score (nSPS) is 9.39. The zero-order chi connectivity index (χ0) is 15.0. The molecule has 0 amide bonds. The van der Waals surface area contributed by atoms with Crippen LogP contribution in [0.4, 0.5) is 0 Å². The molecular weight excluding hydrogens is 324 g/mol. The number of aromatic nitrogens is 2. The minimum atomic E-state index is 0. The minimum Gasteiger partial charge on any atom is -0.276 e. The van der Waals surface area contributed by atoms with E-state index in [1.807, 2.05) is 73.1 Å². The van der Waals surface area contributed by atoms with Crippen LogP contribution in [-0.2, 0) is 17.1 Å². The molecular formula is C20H16FeN2-2. The van der Waals surface area contributed by atoms with Crippen molar-refractivity contribution in [3.05, 3.63) is 97.3 Å². The van der Waals surface area contributed by atoms with Crippen LogP contribution in [0.1, 0.15) is 0 Å². The second-order valence-corrected chi connectivity index (χ2v) is 4.78. The molecule has 0 saturated heterocycles. The molecule has 0 N–H and O–H groups in total. The monoisotopic (exact) mass is 340 g/mol. The summed E-state index contributed by atoms with van der Waals surface area (Å²) in [5.74, 6) is 0. The third kappa shape index (κ3) is 4.75. The number of hydrogen-bond donors (Lipinski definition) is 0. The number of hydrogen-bond acceptors (Lipinski definition) is 2. The topological polar surface area (TPSA) is 25.8 Å². The molecule has 0 bridgehead atoms. The molecule has 4 rings (SSSR count). The van der Waals surface area contributed by atoms with E-state index in [4.69, 9.17) is 0 Å². The average molecular weight is 340 g/mol. The summed E-state index contributed by atoms with van der Waals surface area (Å²) in [5.41, 5.74) is 4.45. The minimum absolute atomic E-state index is 0. The first-order chi connectivity index (χ1) is 10.9. The Morgan fingerprint density at radius 1 is 0.522 bits per heavy atom. The molecule has 3 heteroatoms. The molecule has 4 aromatic rings. The van der Waals surface area contributed by atoms with Crippen LogP contribution >= 0.6 is 0 Å². The molecule has 2 heterocycles. The molecule has 0 saturated carbocycles. The molecule has 0 radical (unpaired) electrons. The Hall–Kier alpha value is -2.48. The largest absolute Gasteiger partial charge is 0.276 e. The summed E-state index contributed by atoms with van der Waals surface area (Å²) in [5, 5.41) is 0. The van der Waals surface area contributed by atoms with Gasteiger partial charge in [-0.1, -0.05) is 35.4 Å². The number of pyridine rings is 2. The van der Waals surface area contributed by atoms with Gasteiger partial charge < -0.3 is 0 Å². The predicted molar refractivity (Wildman–Crippen MR) is 90.5 cm³/mol. The molecule has 0 aliphatic heterocycles. The molecule has 23 heavy (non-hydrogen) atoms. The van der Waals surface area contributed by atoms with Crippen molar-refractivity contribution in [2.75, 3.05) is 0 Å². The van der Waals surface area contributed by atoms with Crippen LogP contribution in [0.5, 0.6) is 0 Å². The first-order valence-electron chi connectivity index (χ1n) is 7.20. The van der Waals surface area contributed by atoms with Gasteiger partial charge in [0.05, 0.1) is 0 Å². The summed E-state index contributed by atoms with van der Waals surface area (Å²) in [4.78, 5) is 8.44. The average Bonchev–Trinajstić information content (AvgIpc) is 3.31. The van der Waals surface area contributed by atoms with Gasteiger partial charge in [-0.05, 0) is 11.4 Å². The van der Waals surface area contributed by atoms with Crippen molar-refractivity contribution >= 4 is 0 Å². The quantitative estimate of drug-likeness (QED) is 0.382. The fourth-order valence-electron chi connectivity index (χ4n) is 2.16. The van der Waals surface area contributed by atoms with E-state index in [1.165, 1.54) is 11.1 Å². The summed E-state index contributed by atoms with van der Waals surface area (Å²) in [6, 6.07) is 28.2. The summed E-state index contributed by atoms with van der Waals surface area (Å²) in [6.45, 7) is 0. The molecule has 0 atom stereocenters. The fraction of sp³-hybridized carbons (Fsp3) is 0. The molecule has 2 aromatic carbocycles. The summed E-state index contributed by atoms with van der Waals surface area (Å²) < 4.78 is 0. The maximum atomic E-state index is 4.22. The van der Waals surface area contributed by atoms with Gasteiger partial charge in [-0.3, -0.25) is 9.97 Å². The van der Waals surface area contributed by atoms with Gasteiger partial charge in [0.1, 0.15) is 0 Å². The van der Waals surface area contributed by atoms with Crippen LogP contribution in [0, 0.1) is 0 Å². The molecule has 0 aliphatic carbocycles. The van der Waals surface area contributed by atoms with Crippen LogP contribution in [0.3, 0.4) is 0 Å². The second-order valence-electron chi connectivity index (χ2n) is 4.78. The molecule has 2 nitrogen and oxygen atoms in total. The van der Waals surface area contributed by atoms with E-state index in [0.717, 1.165) is 11.4 Å². The summed E-state index contributed by atoms with van der Waals surface area (Å²) in [7, 11) is 0. The SMILES string of the molecule is [Fe].c1ccc(-[c-]2cccc2)nc1.c1ccc(-[c-]2cccc2)nc1. The van der Waals surface area contributed by atoms with Crippen LogP contribution < -0.4 is 0 Å². The maximum absolute atomic E-state index is 4.22.